The number of carbonyl (C=O) groups excluding carboxylic acids is 1. The highest BCUT2D eigenvalue weighted by Gasteiger charge is 2.08. The number of benzene rings is 2. The second-order valence-electron chi connectivity index (χ2n) is 5.05. The first-order chi connectivity index (χ1) is 10.5. The topological polar surface area (TPSA) is 68.0 Å². The highest BCUT2D eigenvalue weighted by Crippen LogP contribution is 2.24. The molecule has 3 aromatic rings. The zero-order valence-corrected chi connectivity index (χ0v) is 12.7. The van der Waals surface area contributed by atoms with E-state index in [-0.39, 0.29) is 5.91 Å². The zero-order chi connectivity index (χ0) is 15.7. The number of nitrogens with one attached hydrogen (secondary N) is 1. The quantitative estimate of drug-likeness (QED) is 0.750. The van der Waals surface area contributed by atoms with Crippen LogP contribution in [0.1, 0.15) is 16.1 Å². The van der Waals surface area contributed by atoms with Crippen LogP contribution in [-0.4, -0.2) is 10.9 Å². The Morgan fingerprint density at radius 1 is 1.14 bits per heavy atom. The molecule has 1 aromatic heterocycles. The van der Waals surface area contributed by atoms with E-state index in [0.29, 0.717) is 22.0 Å². The van der Waals surface area contributed by atoms with Gasteiger partial charge in [0.15, 0.2) is 0 Å². The first-order valence-corrected chi connectivity index (χ1v) is 7.14. The lowest BCUT2D eigenvalue weighted by molar-refractivity contribution is 0.102. The first-order valence-electron chi connectivity index (χ1n) is 6.77. The fraction of sp³-hybridized carbons (Fsp3) is 0.0588. The Morgan fingerprint density at radius 2 is 1.86 bits per heavy atom. The molecule has 0 unspecified atom stereocenters. The number of anilines is 2. The number of hydrogen-bond donors (Lipinski definition) is 2. The summed E-state index contributed by atoms with van der Waals surface area (Å²) in [5, 5.41) is 4.26. The molecule has 4 nitrogen and oxygen atoms in total. The first kappa shape index (κ1) is 14.4. The number of halogens is 1. The number of hydrogen-bond acceptors (Lipinski definition) is 3. The van der Waals surface area contributed by atoms with E-state index in [1.54, 1.807) is 24.3 Å². The van der Waals surface area contributed by atoms with Gasteiger partial charge in [0.2, 0.25) is 0 Å². The number of rotatable bonds is 2. The van der Waals surface area contributed by atoms with Gasteiger partial charge in [-0.1, -0.05) is 11.6 Å². The van der Waals surface area contributed by atoms with Crippen molar-refractivity contribution in [1.29, 1.82) is 0 Å². The Bertz CT molecular complexity index is 860. The van der Waals surface area contributed by atoms with Gasteiger partial charge < -0.3 is 11.1 Å². The summed E-state index contributed by atoms with van der Waals surface area (Å²) in [6.07, 6.45) is 0. The molecular formula is C17H14ClN3O. The van der Waals surface area contributed by atoms with Crippen molar-refractivity contribution >= 4 is 39.8 Å². The molecule has 0 aliphatic heterocycles. The molecule has 0 saturated carbocycles. The average Bonchev–Trinajstić information content (AvgIpc) is 2.48. The summed E-state index contributed by atoms with van der Waals surface area (Å²) in [5.74, 6) is -0.199. The molecule has 3 rings (SSSR count). The van der Waals surface area contributed by atoms with Gasteiger partial charge in [-0.2, -0.15) is 0 Å². The maximum atomic E-state index is 12.2. The molecule has 1 heterocycles. The van der Waals surface area contributed by atoms with Crippen LogP contribution in [0.15, 0.2) is 48.5 Å². The van der Waals surface area contributed by atoms with Gasteiger partial charge in [0.1, 0.15) is 0 Å². The Hall–Kier alpha value is -2.59. The Kier molecular flexibility index (Phi) is 3.69. The number of nitrogens with two attached hydrogens (primary N) is 1. The van der Waals surface area contributed by atoms with Crippen LogP contribution < -0.4 is 11.1 Å². The van der Waals surface area contributed by atoms with Crippen LogP contribution in [0.4, 0.5) is 11.4 Å². The highest BCUT2D eigenvalue weighted by atomic mass is 35.5. The monoisotopic (exact) mass is 311 g/mol. The van der Waals surface area contributed by atoms with Gasteiger partial charge in [0, 0.05) is 33.0 Å². The van der Waals surface area contributed by atoms with Crippen molar-refractivity contribution in [2.45, 2.75) is 6.92 Å². The fourth-order valence-corrected chi connectivity index (χ4v) is 2.40. The van der Waals surface area contributed by atoms with Gasteiger partial charge in [0.05, 0.1) is 5.52 Å². The van der Waals surface area contributed by atoms with Crippen LogP contribution >= 0.6 is 11.6 Å². The van der Waals surface area contributed by atoms with Gasteiger partial charge in [0.25, 0.3) is 5.91 Å². The molecule has 5 heteroatoms. The second kappa shape index (κ2) is 5.66. The third-order valence-electron chi connectivity index (χ3n) is 3.33. The van der Waals surface area contributed by atoms with Crippen LogP contribution in [0.25, 0.3) is 10.9 Å². The van der Waals surface area contributed by atoms with Crippen LogP contribution in [0, 0.1) is 6.92 Å². The SMILES string of the molecule is Cc1cc(N)c2cc(NC(=O)c3ccc(Cl)cc3)ccc2n1. The van der Waals surface area contributed by atoms with Crippen LogP contribution in [-0.2, 0) is 0 Å². The normalized spacial score (nSPS) is 10.6. The molecule has 0 spiro atoms. The van der Waals surface area contributed by atoms with Gasteiger partial charge in [-0.15, -0.1) is 0 Å². The fourth-order valence-electron chi connectivity index (χ4n) is 2.27. The number of nitrogen functional groups attached to an aromatic ring is 1. The predicted octanol–water partition coefficient (Wildman–Crippen LogP) is 4.03. The number of aromatic nitrogens is 1. The molecule has 0 radical (unpaired) electrons. The summed E-state index contributed by atoms with van der Waals surface area (Å²) in [5.41, 5.74) is 9.54. The minimum atomic E-state index is -0.199. The molecule has 2 aromatic carbocycles. The van der Waals surface area contributed by atoms with Gasteiger partial charge in [-0.05, 0) is 55.5 Å². The number of aryl methyl sites for hydroxylation is 1. The molecule has 22 heavy (non-hydrogen) atoms. The molecule has 110 valence electrons. The van der Waals surface area contributed by atoms with Gasteiger partial charge in [-0.25, -0.2) is 0 Å². The Balaban J connectivity index is 1.90. The van der Waals surface area contributed by atoms with Crippen LogP contribution in [0.3, 0.4) is 0 Å². The lowest BCUT2D eigenvalue weighted by atomic mass is 10.1. The number of amides is 1. The summed E-state index contributed by atoms with van der Waals surface area (Å²) in [6.45, 7) is 1.89. The van der Waals surface area contributed by atoms with E-state index in [4.69, 9.17) is 17.3 Å². The van der Waals surface area contributed by atoms with Gasteiger partial charge in [-0.3, -0.25) is 9.78 Å². The van der Waals surface area contributed by atoms with Gasteiger partial charge >= 0.3 is 0 Å². The third kappa shape index (κ3) is 2.87. The molecule has 3 N–H and O–H groups in total. The standard InChI is InChI=1S/C17H14ClN3O/c1-10-8-15(19)14-9-13(6-7-16(14)20-10)21-17(22)11-2-4-12(18)5-3-11/h2-9H,1H3,(H2,19,20)(H,21,22). The molecule has 1 amide bonds. The highest BCUT2D eigenvalue weighted by molar-refractivity contribution is 6.30. The van der Waals surface area contributed by atoms with Crippen LogP contribution in [0.2, 0.25) is 5.02 Å². The molecule has 0 aliphatic carbocycles. The molecule has 0 fully saturated rings. The van der Waals surface area contributed by atoms with Crippen LogP contribution in [0.5, 0.6) is 0 Å². The lowest BCUT2D eigenvalue weighted by Crippen LogP contribution is -2.11. The minimum Gasteiger partial charge on any atom is -0.398 e. The van der Waals surface area contributed by atoms with E-state index in [1.165, 1.54) is 0 Å². The van der Waals surface area contributed by atoms with Crippen molar-refractivity contribution in [3.8, 4) is 0 Å². The average molecular weight is 312 g/mol. The predicted molar refractivity (Wildman–Crippen MR) is 90.3 cm³/mol. The molecular weight excluding hydrogens is 298 g/mol. The molecule has 0 aliphatic rings. The van der Waals surface area contributed by atoms with E-state index in [9.17, 15) is 4.79 Å². The number of pyridine rings is 1. The smallest absolute Gasteiger partial charge is 0.255 e. The summed E-state index contributed by atoms with van der Waals surface area (Å²) in [6, 6.07) is 14.0. The number of nitrogens with zero attached hydrogens (tertiary/aromatic N) is 1. The number of carbonyl (C=O) groups is 1. The molecule has 0 bridgehead atoms. The summed E-state index contributed by atoms with van der Waals surface area (Å²) in [4.78, 5) is 16.6. The van der Waals surface area contributed by atoms with E-state index in [2.05, 4.69) is 10.3 Å². The molecule has 0 atom stereocenters. The van der Waals surface area contributed by atoms with E-state index >= 15 is 0 Å². The van der Waals surface area contributed by atoms with E-state index in [0.717, 1.165) is 16.6 Å². The second-order valence-corrected chi connectivity index (χ2v) is 5.48. The Labute approximate surface area is 132 Å². The van der Waals surface area contributed by atoms with Crippen molar-refractivity contribution in [2.24, 2.45) is 0 Å². The van der Waals surface area contributed by atoms with Crippen molar-refractivity contribution in [3.63, 3.8) is 0 Å². The minimum absolute atomic E-state index is 0.199. The summed E-state index contributed by atoms with van der Waals surface area (Å²) in [7, 11) is 0. The number of fused-ring (bicyclic) bond motifs is 1. The zero-order valence-electron chi connectivity index (χ0n) is 11.9. The third-order valence-corrected chi connectivity index (χ3v) is 3.59. The van der Waals surface area contributed by atoms with E-state index < -0.39 is 0 Å². The lowest BCUT2D eigenvalue weighted by Gasteiger charge is -2.08. The molecule has 0 saturated heterocycles. The Morgan fingerprint density at radius 3 is 2.59 bits per heavy atom. The van der Waals surface area contributed by atoms with E-state index in [1.807, 2.05) is 31.2 Å². The maximum absolute atomic E-state index is 12.2. The summed E-state index contributed by atoms with van der Waals surface area (Å²) >= 11 is 5.82. The largest absolute Gasteiger partial charge is 0.398 e. The maximum Gasteiger partial charge on any atom is 0.255 e. The van der Waals surface area contributed by atoms with Crippen molar-refractivity contribution in [2.75, 3.05) is 11.1 Å². The van der Waals surface area contributed by atoms with Crippen molar-refractivity contribution in [3.05, 3.63) is 64.8 Å². The summed E-state index contributed by atoms with van der Waals surface area (Å²) < 4.78 is 0. The van der Waals surface area contributed by atoms with Crippen molar-refractivity contribution < 1.29 is 4.79 Å². The van der Waals surface area contributed by atoms with Crippen molar-refractivity contribution in [1.82, 2.24) is 4.98 Å².